The summed E-state index contributed by atoms with van der Waals surface area (Å²) in [6.07, 6.45) is 0. The molecule has 2 aromatic carbocycles. The third-order valence-corrected chi connectivity index (χ3v) is 5.11. The zero-order chi connectivity index (χ0) is 20.2. The number of nitrogens with one attached hydrogen (secondary N) is 2. The fraction of sp³-hybridized carbons (Fsp3) is 0.182. The van der Waals surface area contributed by atoms with Crippen LogP contribution in [-0.2, 0) is 4.74 Å². The molecule has 1 aliphatic rings. The third-order valence-electron chi connectivity index (χ3n) is 4.80. The number of halogens is 1. The molecular formula is C22H20ClN3O3. The highest BCUT2D eigenvalue weighted by atomic mass is 35.5. The molecular weight excluding hydrogens is 390 g/mol. The maximum absolute atomic E-state index is 12.8. The van der Waals surface area contributed by atoms with Crippen molar-refractivity contribution in [2.24, 2.45) is 0 Å². The summed E-state index contributed by atoms with van der Waals surface area (Å²) in [6, 6.07) is 18.1. The van der Waals surface area contributed by atoms with Gasteiger partial charge in [-0.25, -0.2) is 0 Å². The fourth-order valence-corrected chi connectivity index (χ4v) is 3.65. The van der Waals surface area contributed by atoms with Crippen molar-refractivity contribution < 1.29 is 9.53 Å². The highest BCUT2D eigenvalue weighted by Crippen LogP contribution is 2.34. The van der Waals surface area contributed by atoms with Crippen LogP contribution in [0.1, 0.15) is 10.4 Å². The molecule has 2 heterocycles. The molecule has 0 bridgehead atoms. The second kappa shape index (κ2) is 8.51. The normalized spacial score (nSPS) is 13.9. The third kappa shape index (κ3) is 4.18. The Balaban J connectivity index is 1.60. The number of nitrogens with zero attached hydrogens (tertiary/aromatic N) is 1. The highest BCUT2D eigenvalue weighted by molar-refractivity contribution is 6.34. The summed E-state index contributed by atoms with van der Waals surface area (Å²) in [4.78, 5) is 30.2. The van der Waals surface area contributed by atoms with Crippen LogP contribution in [-0.4, -0.2) is 37.2 Å². The van der Waals surface area contributed by atoms with E-state index in [1.807, 2.05) is 30.3 Å². The molecule has 0 saturated carbocycles. The van der Waals surface area contributed by atoms with Gasteiger partial charge in [0, 0.05) is 18.8 Å². The Bertz CT molecular complexity index is 1080. The van der Waals surface area contributed by atoms with Crippen molar-refractivity contribution in [2.75, 3.05) is 36.5 Å². The molecule has 7 heteroatoms. The Kier molecular flexibility index (Phi) is 5.64. The molecule has 3 aromatic rings. The molecule has 1 fully saturated rings. The molecule has 6 nitrogen and oxygen atoms in total. The van der Waals surface area contributed by atoms with E-state index in [0.29, 0.717) is 42.7 Å². The summed E-state index contributed by atoms with van der Waals surface area (Å²) >= 11 is 6.41. The molecule has 0 aliphatic carbocycles. The first-order chi connectivity index (χ1) is 14.1. The van der Waals surface area contributed by atoms with Crippen molar-refractivity contribution in [3.8, 4) is 11.3 Å². The maximum Gasteiger partial charge on any atom is 0.261 e. The minimum Gasteiger partial charge on any atom is -0.378 e. The summed E-state index contributed by atoms with van der Waals surface area (Å²) < 4.78 is 5.40. The average molecular weight is 410 g/mol. The summed E-state index contributed by atoms with van der Waals surface area (Å²) in [5.74, 6) is -0.484. The van der Waals surface area contributed by atoms with Gasteiger partial charge in [-0.15, -0.1) is 0 Å². The number of benzene rings is 2. The summed E-state index contributed by atoms with van der Waals surface area (Å²) in [6.45, 7) is 2.55. The van der Waals surface area contributed by atoms with Gasteiger partial charge in [0.05, 0.1) is 29.6 Å². The van der Waals surface area contributed by atoms with E-state index in [9.17, 15) is 9.59 Å². The van der Waals surface area contributed by atoms with Crippen molar-refractivity contribution in [3.63, 3.8) is 0 Å². The summed E-state index contributed by atoms with van der Waals surface area (Å²) in [5.41, 5.74) is 2.43. The first-order valence-corrected chi connectivity index (χ1v) is 9.72. The number of ether oxygens (including phenoxy) is 1. The van der Waals surface area contributed by atoms with Gasteiger partial charge in [0.15, 0.2) is 0 Å². The topological polar surface area (TPSA) is 74.4 Å². The van der Waals surface area contributed by atoms with E-state index in [1.54, 1.807) is 24.3 Å². The molecule has 1 aromatic heterocycles. The first-order valence-electron chi connectivity index (χ1n) is 9.35. The number of para-hydroxylation sites is 1. The number of aromatic amines is 1. The number of anilines is 2. The SMILES string of the molecule is O=C(Nc1cccc(Cl)c1N1CCOCC1)c1ccc(-c2ccccc2)[nH]c1=O. The molecule has 4 rings (SSSR count). The monoisotopic (exact) mass is 409 g/mol. The number of hydrogen-bond acceptors (Lipinski definition) is 4. The van der Waals surface area contributed by atoms with Crippen LogP contribution in [0.3, 0.4) is 0 Å². The molecule has 0 radical (unpaired) electrons. The van der Waals surface area contributed by atoms with Crippen LogP contribution in [0.15, 0.2) is 65.5 Å². The second-order valence-corrected chi connectivity index (χ2v) is 7.08. The van der Waals surface area contributed by atoms with Crippen molar-refractivity contribution in [3.05, 3.63) is 81.6 Å². The van der Waals surface area contributed by atoms with E-state index in [1.165, 1.54) is 6.07 Å². The van der Waals surface area contributed by atoms with Gasteiger partial charge < -0.3 is 19.9 Å². The minimum atomic E-state index is -0.484. The van der Waals surface area contributed by atoms with Crippen LogP contribution >= 0.6 is 11.6 Å². The fourth-order valence-electron chi connectivity index (χ4n) is 3.35. The lowest BCUT2D eigenvalue weighted by molar-refractivity contribution is 0.102. The van der Waals surface area contributed by atoms with Gasteiger partial charge in [-0.1, -0.05) is 48.0 Å². The van der Waals surface area contributed by atoms with Gasteiger partial charge in [0.2, 0.25) is 0 Å². The summed E-state index contributed by atoms with van der Waals surface area (Å²) in [5, 5.41) is 3.38. The zero-order valence-corrected chi connectivity index (χ0v) is 16.4. The van der Waals surface area contributed by atoms with Crippen LogP contribution in [0.25, 0.3) is 11.3 Å². The summed E-state index contributed by atoms with van der Waals surface area (Å²) in [7, 11) is 0. The number of amides is 1. The van der Waals surface area contributed by atoms with Crippen LogP contribution in [0, 0.1) is 0 Å². The molecule has 0 spiro atoms. The molecule has 2 N–H and O–H groups in total. The number of morpholine rings is 1. The Morgan fingerprint density at radius 2 is 1.76 bits per heavy atom. The Morgan fingerprint density at radius 3 is 2.48 bits per heavy atom. The first kappa shape index (κ1) is 19.2. The standard InChI is InChI=1S/C22H20ClN3O3/c23-17-7-4-8-19(20(17)26-11-13-29-14-12-26)25-22(28)16-9-10-18(24-21(16)27)15-5-2-1-3-6-15/h1-10H,11-14H2,(H,24,27)(H,25,28). The molecule has 148 valence electrons. The van der Waals surface area contributed by atoms with Gasteiger partial charge >= 0.3 is 0 Å². The average Bonchev–Trinajstić information content (AvgIpc) is 2.75. The predicted octanol–water partition coefficient (Wildman–Crippen LogP) is 3.78. The number of carbonyl (C=O) groups is 1. The molecule has 0 atom stereocenters. The predicted molar refractivity (Wildman–Crippen MR) is 115 cm³/mol. The van der Waals surface area contributed by atoms with Gasteiger partial charge in [0.1, 0.15) is 5.56 Å². The zero-order valence-electron chi connectivity index (χ0n) is 15.7. The van der Waals surface area contributed by atoms with Crippen molar-refractivity contribution >= 4 is 28.9 Å². The van der Waals surface area contributed by atoms with Crippen molar-refractivity contribution in [1.82, 2.24) is 4.98 Å². The Morgan fingerprint density at radius 1 is 1.00 bits per heavy atom. The van der Waals surface area contributed by atoms with Crippen LogP contribution in [0.5, 0.6) is 0 Å². The van der Waals surface area contributed by atoms with E-state index >= 15 is 0 Å². The van der Waals surface area contributed by atoms with E-state index in [0.717, 1.165) is 11.3 Å². The minimum absolute atomic E-state index is 0.0394. The number of carbonyl (C=O) groups excluding carboxylic acids is 1. The van der Waals surface area contributed by atoms with Gasteiger partial charge in [-0.3, -0.25) is 9.59 Å². The largest absolute Gasteiger partial charge is 0.378 e. The molecule has 1 aliphatic heterocycles. The number of aromatic nitrogens is 1. The van der Waals surface area contributed by atoms with Gasteiger partial charge in [0.25, 0.3) is 11.5 Å². The Hall–Kier alpha value is -3.09. The number of hydrogen-bond donors (Lipinski definition) is 2. The van der Waals surface area contributed by atoms with Crippen LogP contribution in [0.4, 0.5) is 11.4 Å². The number of pyridine rings is 1. The van der Waals surface area contributed by atoms with E-state index in [2.05, 4.69) is 15.2 Å². The van der Waals surface area contributed by atoms with E-state index in [4.69, 9.17) is 16.3 Å². The highest BCUT2D eigenvalue weighted by Gasteiger charge is 2.20. The lowest BCUT2D eigenvalue weighted by atomic mass is 10.1. The lowest BCUT2D eigenvalue weighted by Gasteiger charge is -2.31. The second-order valence-electron chi connectivity index (χ2n) is 6.67. The van der Waals surface area contributed by atoms with Crippen LogP contribution in [0.2, 0.25) is 5.02 Å². The van der Waals surface area contributed by atoms with Crippen molar-refractivity contribution in [2.45, 2.75) is 0 Å². The number of rotatable bonds is 4. The van der Waals surface area contributed by atoms with Gasteiger partial charge in [-0.05, 0) is 29.8 Å². The van der Waals surface area contributed by atoms with E-state index < -0.39 is 11.5 Å². The lowest BCUT2D eigenvalue weighted by Crippen LogP contribution is -2.37. The number of H-pyrrole nitrogens is 1. The van der Waals surface area contributed by atoms with E-state index in [-0.39, 0.29) is 5.56 Å². The van der Waals surface area contributed by atoms with Gasteiger partial charge in [-0.2, -0.15) is 0 Å². The molecule has 1 saturated heterocycles. The molecule has 0 unspecified atom stereocenters. The van der Waals surface area contributed by atoms with Crippen LogP contribution < -0.4 is 15.8 Å². The maximum atomic E-state index is 12.8. The molecule has 29 heavy (non-hydrogen) atoms. The smallest absolute Gasteiger partial charge is 0.261 e. The molecule has 1 amide bonds. The quantitative estimate of drug-likeness (QED) is 0.687. The Labute approximate surface area is 173 Å². The van der Waals surface area contributed by atoms with Crippen molar-refractivity contribution in [1.29, 1.82) is 0 Å².